The predicted molar refractivity (Wildman–Crippen MR) is 76.5 cm³/mol. The monoisotopic (exact) mass is 280 g/mol. The minimum absolute atomic E-state index is 0.305. The summed E-state index contributed by atoms with van der Waals surface area (Å²) in [7, 11) is 0. The van der Waals surface area contributed by atoms with Crippen molar-refractivity contribution in [3.05, 3.63) is 72.8 Å². The van der Waals surface area contributed by atoms with E-state index in [-0.39, 0.29) is 0 Å². The Hall–Kier alpha value is -3.08. The maximum Gasteiger partial charge on any atom is 0.361 e. The quantitative estimate of drug-likeness (QED) is 0.587. The molecule has 1 N–H and O–H groups in total. The normalized spacial score (nSPS) is 10.1. The van der Waals surface area contributed by atoms with E-state index in [2.05, 4.69) is 9.97 Å². The van der Waals surface area contributed by atoms with Crippen LogP contribution in [0.15, 0.2) is 67.1 Å². The van der Waals surface area contributed by atoms with Crippen molar-refractivity contribution < 1.29 is 14.3 Å². The Balaban J connectivity index is 1.65. The van der Waals surface area contributed by atoms with E-state index < -0.39 is 5.97 Å². The van der Waals surface area contributed by atoms with Crippen molar-refractivity contribution in [2.24, 2.45) is 0 Å². The van der Waals surface area contributed by atoms with Crippen molar-refractivity contribution in [3.8, 4) is 17.2 Å². The number of carbonyl (C=O) groups is 1. The molecule has 0 bridgehead atoms. The molecule has 5 nitrogen and oxygen atoms in total. The Labute approximate surface area is 121 Å². The average molecular weight is 280 g/mol. The highest BCUT2D eigenvalue weighted by molar-refractivity contribution is 5.88. The van der Waals surface area contributed by atoms with Crippen molar-refractivity contribution in [2.75, 3.05) is 0 Å². The van der Waals surface area contributed by atoms with Crippen molar-refractivity contribution >= 4 is 5.97 Å². The molecule has 0 fully saturated rings. The fourth-order valence-electron chi connectivity index (χ4n) is 1.73. The molecule has 3 rings (SSSR count). The molecule has 0 saturated heterocycles. The Bertz CT molecular complexity index is 707. The molecule has 0 aliphatic heterocycles. The Kier molecular flexibility index (Phi) is 3.64. The lowest BCUT2D eigenvalue weighted by Gasteiger charge is -2.06. The first-order valence-corrected chi connectivity index (χ1v) is 6.35. The maximum absolute atomic E-state index is 11.7. The molecular formula is C16H12N2O3. The van der Waals surface area contributed by atoms with Gasteiger partial charge in [0.05, 0.1) is 12.5 Å². The summed E-state index contributed by atoms with van der Waals surface area (Å²) >= 11 is 0. The van der Waals surface area contributed by atoms with Crippen LogP contribution in [0, 0.1) is 0 Å². The van der Waals surface area contributed by atoms with Gasteiger partial charge in [-0.1, -0.05) is 18.2 Å². The largest absolute Gasteiger partial charge is 0.457 e. The molecule has 0 aliphatic carbocycles. The van der Waals surface area contributed by atoms with E-state index in [9.17, 15) is 4.79 Å². The first-order chi connectivity index (χ1) is 10.3. The number of nitrogens with one attached hydrogen (secondary N) is 1. The van der Waals surface area contributed by atoms with Gasteiger partial charge in [0.25, 0.3) is 0 Å². The van der Waals surface area contributed by atoms with E-state index >= 15 is 0 Å². The molecule has 5 heteroatoms. The number of aromatic nitrogens is 2. The van der Waals surface area contributed by atoms with Gasteiger partial charge in [0.15, 0.2) is 0 Å². The zero-order valence-corrected chi connectivity index (χ0v) is 11.0. The summed E-state index contributed by atoms with van der Waals surface area (Å²) in [5, 5.41) is 0. The molecule has 0 atom stereocenters. The highest BCUT2D eigenvalue weighted by atomic mass is 16.5. The van der Waals surface area contributed by atoms with Crippen LogP contribution in [-0.2, 0) is 0 Å². The standard InChI is InChI=1S/C16H12N2O3/c19-16(15-10-17-11-18-15)21-14-8-6-13(7-9-14)20-12-4-2-1-3-5-12/h1-11H,(H,17,18). The molecule has 0 amide bonds. The van der Waals surface area contributed by atoms with E-state index in [1.807, 2.05) is 30.3 Å². The number of benzene rings is 2. The Morgan fingerprint density at radius 3 is 2.24 bits per heavy atom. The van der Waals surface area contributed by atoms with Gasteiger partial charge in [-0.3, -0.25) is 0 Å². The average Bonchev–Trinajstić information content (AvgIpc) is 3.05. The molecule has 0 unspecified atom stereocenters. The highest BCUT2D eigenvalue weighted by Gasteiger charge is 2.09. The number of nitrogens with zero attached hydrogens (tertiary/aromatic N) is 1. The molecule has 21 heavy (non-hydrogen) atoms. The minimum Gasteiger partial charge on any atom is -0.457 e. The molecule has 0 saturated carbocycles. The predicted octanol–water partition coefficient (Wildman–Crippen LogP) is 3.42. The lowest BCUT2D eigenvalue weighted by Crippen LogP contribution is -2.08. The van der Waals surface area contributed by atoms with E-state index in [0.29, 0.717) is 17.2 Å². The number of imidazole rings is 1. The molecule has 1 aromatic heterocycles. The van der Waals surface area contributed by atoms with Crippen LogP contribution in [0.2, 0.25) is 0 Å². The van der Waals surface area contributed by atoms with Crippen LogP contribution in [0.5, 0.6) is 17.2 Å². The number of aromatic amines is 1. The van der Waals surface area contributed by atoms with E-state index in [4.69, 9.17) is 9.47 Å². The van der Waals surface area contributed by atoms with Gasteiger partial charge in [0.2, 0.25) is 0 Å². The topological polar surface area (TPSA) is 64.2 Å². The summed E-state index contributed by atoms with van der Waals surface area (Å²) in [6.45, 7) is 0. The van der Waals surface area contributed by atoms with E-state index in [0.717, 1.165) is 5.75 Å². The number of hydrogen-bond acceptors (Lipinski definition) is 4. The molecule has 0 aliphatic rings. The maximum atomic E-state index is 11.7. The van der Waals surface area contributed by atoms with Crippen molar-refractivity contribution in [1.82, 2.24) is 9.97 Å². The number of H-pyrrole nitrogens is 1. The highest BCUT2D eigenvalue weighted by Crippen LogP contribution is 2.23. The smallest absolute Gasteiger partial charge is 0.361 e. The number of ether oxygens (including phenoxy) is 2. The fraction of sp³-hybridized carbons (Fsp3) is 0. The van der Waals surface area contributed by atoms with E-state index in [1.54, 1.807) is 24.3 Å². The summed E-state index contributed by atoms with van der Waals surface area (Å²) in [5.41, 5.74) is 0.305. The van der Waals surface area contributed by atoms with Crippen molar-refractivity contribution in [3.63, 3.8) is 0 Å². The van der Waals surface area contributed by atoms with Crippen LogP contribution >= 0.6 is 0 Å². The van der Waals surface area contributed by atoms with Gasteiger partial charge in [0.1, 0.15) is 22.9 Å². The van der Waals surface area contributed by atoms with Crippen LogP contribution in [0.25, 0.3) is 0 Å². The van der Waals surface area contributed by atoms with Crippen LogP contribution in [0.3, 0.4) is 0 Å². The molecule has 0 radical (unpaired) electrons. The lowest BCUT2D eigenvalue weighted by molar-refractivity contribution is 0.0729. The van der Waals surface area contributed by atoms with Gasteiger partial charge >= 0.3 is 5.97 Å². The van der Waals surface area contributed by atoms with Crippen LogP contribution in [0.4, 0.5) is 0 Å². The SMILES string of the molecule is O=C(Oc1ccc(Oc2ccccc2)cc1)c1cnc[nH]1. The number of rotatable bonds is 4. The zero-order chi connectivity index (χ0) is 14.5. The minimum atomic E-state index is -0.482. The van der Waals surface area contributed by atoms with Crippen LogP contribution in [-0.4, -0.2) is 15.9 Å². The van der Waals surface area contributed by atoms with Gasteiger partial charge in [-0.25, -0.2) is 9.78 Å². The number of esters is 1. The van der Waals surface area contributed by atoms with Crippen molar-refractivity contribution in [2.45, 2.75) is 0 Å². The summed E-state index contributed by atoms with van der Waals surface area (Å²) < 4.78 is 10.9. The third-order valence-corrected chi connectivity index (χ3v) is 2.73. The molecule has 3 aromatic rings. The lowest BCUT2D eigenvalue weighted by atomic mass is 10.3. The fourth-order valence-corrected chi connectivity index (χ4v) is 1.73. The van der Waals surface area contributed by atoms with Crippen molar-refractivity contribution in [1.29, 1.82) is 0 Å². The van der Waals surface area contributed by atoms with Gasteiger partial charge in [-0.15, -0.1) is 0 Å². The summed E-state index contributed by atoms with van der Waals surface area (Å²) in [5.74, 6) is 1.38. The molecular weight excluding hydrogens is 268 g/mol. The summed E-state index contributed by atoms with van der Waals surface area (Å²) in [6.07, 6.45) is 2.84. The first-order valence-electron chi connectivity index (χ1n) is 6.35. The second kappa shape index (κ2) is 5.92. The summed E-state index contributed by atoms with van der Waals surface area (Å²) in [4.78, 5) is 18.2. The molecule has 1 heterocycles. The third-order valence-electron chi connectivity index (χ3n) is 2.73. The molecule has 104 valence electrons. The van der Waals surface area contributed by atoms with Gasteiger partial charge in [0, 0.05) is 0 Å². The van der Waals surface area contributed by atoms with Gasteiger partial charge in [-0.2, -0.15) is 0 Å². The summed E-state index contributed by atoms with van der Waals surface area (Å²) in [6, 6.07) is 16.3. The second-order valence-electron chi connectivity index (χ2n) is 4.24. The number of hydrogen-bond donors (Lipinski definition) is 1. The third kappa shape index (κ3) is 3.27. The Morgan fingerprint density at radius 1 is 0.905 bits per heavy atom. The number of para-hydroxylation sites is 1. The van der Waals surface area contributed by atoms with Gasteiger partial charge < -0.3 is 14.5 Å². The second-order valence-corrected chi connectivity index (χ2v) is 4.24. The first kappa shape index (κ1) is 12.9. The van der Waals surface area contributed by atoms with E-state index in [1.165, 1.54) is 12.5 Å². The molecule has 0 spiro atoms. The molecule has 2 aromatic carbocycles. The van der Waals surface area contributed by atoms with Crippen LogP contribution in [0.1, 0.15) is 10.5 Å². The van der Waals surface area contributed by atoms with Gasteiger partial charge in [-0.05, 0) is 36.4 Å². The zero-order valence-electron chi connectivity index (χ0n) is 11.0. The number of carbonyl (C=O) groups excluding carboxylic acids is 1. The van der Waals surface area contributed by atoms with Crippen LogP contribution < -0.4 is 9.47 Å². The Morgan fingerprint density at radius 2 is 1.57 bits per heavy atom.